The maximum atomic E-state index is 12.7. The molecule has 0 radical (unpaired) electrons. The summed E-state index contributed by atoms with van der Waals surface area (Å²) in [5, 5.41) is 2.84. The minimum Gasteiger partial charge on any atom is -0.379 e. The third-order valence-corrected chi connectivity index (χ3v) is 4.15. The predicted octanol–water partition coefficient (Wildman–Crippen LogP) is 0.929. The topological polar surface area (TPSA) is 58.6 Å². The van der Waals surface area contributed by atoms with E-state index in [1.165, 1.54) is 0 Å². The molecular weight excluding hydrogens is 244 g/mol. The summed E-state index contributed by atoms with van der Waals surface area (Å²) in [6, 6.07) is -0.409. The number of carbonyl (C=O) groups excluding carboxylic acids is 2. The van der Waals surface area contributed by atoms with Crippen LogP contribution in [0.15, 0.2) is 0 Å². The molecule has 2 rings (SSSR count). The lowest BCUT2D eigenvalue weighted by Gasteiger charge is -2.44. The van der Waals surface area contributed by atoms with Gasteiger partial charge in [-0.1, -0.05) is 13.8 Å². The number of rotatable bonds is 2. The zero-order valence-corrected chi connectivity index (χ0v) is 12.1. The SMILES string of the molecule is CC(C)C1NC(=O)CCN(C2(C)CCCOC2)C1=O. The molecule has 0 spiro atoms. The third kappa shape index (κ3) is 2.91. The Labute approximate surface area is 114 Å². The number of nitrogens with zero attached hydrogens (tertiary/aromatic N) is 1. The van der Waals surface area contributed by atoms with Gasteiger partial charge < -0.3 is 15.0 Å². The smallest absolute Gasteiger partial charge is 0.245 e. The number of nitrogens with one attached hydrogen (secondary N) is 1. The van der Waals surface area contributed by atoms with Gasteiger partial charge in [-0.05, 0) is 25.7 Å². The summed E-state index contributed by atoms with van der Waals surface area (Å²) in [5.74, 6) is 0.105. The summed E-state index contributed by atoms with van der Waals surface area (Å²) in [6.45, 7) is 7.82. The Morgan fingerprint density at radius 1 is 1.42 bits per heavy atom. The van der Waals surface area contributed by atoms with Gasteiger partial charge in [0.2, 0.25) is 11.8 Å². The molecule has 5 nitrogen and oxygen atoms in total. The van der Waals surface area contributed by atoms with E-state index in [1.54, 1.807) is 0 Å². The molecule has 2 saturated heterocycles. The molecule has 0 saturated carbocycles. The Morgan fingerprint density at radius 3 is 2.74 bits per heavy atom. The molecule has 0 aromatic heterocycles. The van der Waals surface area contributed by atoms with Crippen molar-refractivity contribution in [3.63, 3.8) is 0 Å². The Balaban J connectivity index is 2.22. The molecule has 2 aliphatic heterocycles. The Bertz CT molecular complexity index is 362. The molecular formula is C14H24N2O3. The summed E-state index contributed by atoms with van der Waals surface area (Å²) in [4.78, 5) is 26.3. The van der Waals surface area contributed by atoms with Gasteiger partial charge in [-0.2, -0.15) is 0 Å². The second-order valence-electron chi connectivity index (χ2n) is 6.18. The van der Waals surface area contributed by atoms with E-state index >= 15 is 0 Å². The maximum Gasteiger partial charge on any atom is 0.245 e. The normalized spacial score (nSPS) is 33.3. The van der Waals surface area contributed by atoms with Gasteiger partial charge in [0, 0.05) is 19.6 Å². The van der Waals surface area contributed by atoms with Crippen LogP contribution in [-0.2, 0) is 14.3 Å². The van der Waals surface area contributed by atoms with Gasteiger partial charge in [-0.3, -0.25) is 9.59 Å². The van der Waals surface area contributed by atoms with Gasteiger partial charge >= 0.3 is 0 Å². The van der Waals surface area contributed by atoms with Gasteiger partial charge in [0.25, 0.3) is 0 Å². The molecule has 2 unspecified atom stereocenters. The van der Waals surface area contributed by atoms with Gasteiger partial charge in [-0.25, -0.2) is 0 Å². The summed E-state index contributed by atoms with van der Waals surface area (Å²) >= 11 is 0. The van der Waals surface area contributed by atoms with Crippen LogP contribution in [0.3, 0.4) is 0 Å². The van der Waals surface area contributed by atoms with Crippen LogP contribution in [0.1, 0.15) is 40.0 Å². The molecule has 2 amide bonds. The first-order chi connectivity index (χ1) is 8.94. The van der Waals surface area contributed by atoms with Crippen LogP contribution in [0, 0.1) is 5.92 Å². The molecule has 108 valence electrons. The summed E-state index contributed by atoms with van der Waals surface area (Å²) in [7, 11) is 0. The molecule has 19 heavy (non-hydrogen) atoms. The van der Waals surface area contributed by atoms with Crippen LogP contribution in [-0.4, -0.2) is 48.1 Å². The molecule has 0 aromatic rings. The molecule has 0 aliphatic carbocycles. The molecule has 2 fully saturated rings. The van der Waals surface area contributed by atoms with Crippen molar-refractivity contribution in [1.82, 2.24) is 10.2 Å². The van der Waals surface area contributed by atoms with Crippen molar-refractivity contribution in [1.29, 1.82) is 0 Å². The lowest BCUT2D eigenvalue weighted by Crippen LogP contribution is -2.58. The fraction of sp³-hybridized carbons (Fsp3) is 0.857. The molecule has 2 atom stereocenters. The van der Waals surface area contributed by atoms with E-state index in [-0.39, 0.29) is 23.3 Å². The molecule has 1 N–H and O–H groups in total. The zero-order chi connectivity index (χ0) is 14.0. The molecule has 2 aliphatic rings. The number of carbonyl (C=O) groups is 2. The quantitative estimate of drug-likeness (QED) is 0.810. The van der Waals surface area contributed by atoms with Crippen molar-refractivity contribution in [2.24, 2.45) is 5.92 Å². The van der Waals surface area contributed by atoms with Crippen molar-refractivity contribution < 1.29 is 14.3 Å². The third-order valence-electron chi connectivity index (χ3n) is 4.15. The fourth-order valence-corrected chi connectivity index (χ4v) is 2.92. The number of ether oxygens (including phenoxy) is 1. The average Bonchev–Trinajstić information content (AvgIpc) is 2.50. The molecule has 2 heterocycles. The van der Waals surface area contributed by atoms with Crippen molar-refractivity contribution >= 4 is 11.8 Å². The van der Waals surface area contributed by atoms with E-state index < -0.39 is 6.04 Å². The van der Waals surface area contributed by atoms with E-state index in [2.05, 4.69) is 12.2 Å². The monoisotopic (exact) mass is 268 g/mol. The molecule has 0 aromatic carbocycles. The van der Waals surface area contributed by atoms with Crippen molar-refractivity contribution in [2.75, 3.05) is 19.8 Å². The summed E-state index contributed by atoms with van der Waals surface area (Å²) in [5.41, 5.74) is -0.269. The fourth-order valence-electron chi connectivity index (χ4n) is 2.92. The number of hydrogen-bond acceptors (Lipinski definition) is 3. The van der Waals surface area contributed by atoms with Crippen molar-refractivity contribution in [3.8, 4) is 0 Å². The number of amides is 2. The highest BCUT2D eigenvalue weighted by Crippen LogP contribution is 2.28. The van der Waals surface area contributed by atoms with E-state index in [0.717, 1.165) is 19.4 Å². The second kappa shape index (κ2) is 5.49. The molecule has 5 heteroatoms. The van der Waals surface area contributed by atoms with Crippen LogP contribution >= 0.6 is 0 Å². The largest absolute Gasteiger partial charge is 0.379 e. The first kappa shape index (κ1) is 14.3. The summed E-state index contributed by atoms with van der Waals surface area (Å²) in [6.07, 6.45) is 2.29. The van der Waals surface area contributed by atoms with Crippen LogP contribution < -0.4 is 5.32 Å². The Morgan fingerprint density at radius 2 is 2.16 bits per heavy atom. The van der Waals surface area contributed by atoms with Crippen molar-refractivity contribution in [2.45, 2.75) is 51.6 Å². The minimum absolute atomic E-state index is 0.0325. The predicted molar refractivity (Wildman–Crippen MR) is 71.6 cm³/mol. The highest BCUT2D eigenvalue weighted by atomic mass is 16.5. The van der Waals surface area contributed by atoms with Gasteiger partial charge in [0.1, 0.15) is 6.04 Å². The highest BCUT2D eigenvalue weighted by Gasteiger charge is 2.42. The minimum atomic E-state index is -0.409. The summed E-state index contributed by atoms with van der Waals surface area (Å²) < 4.78 is 5.55. The zero-order valence-electron chi connectivity index (χ0n) is 12.1. The standard InChI is InChI=1S/C14H24N2O3/c1-10(2)12-13(18)16(7-5-11(17)15-12)14(3)6-4-8-19-9-14/h10,12H,4-9H2,1-3H3,(H,15,17). The van der Waals surface area contributed by atoms with E-state index in [0.29, 0.717) is 19.6 Å². The van der Waals surface area contributed by atoms with E-state index in [9.17, 15) is 9.59 Å². The van der Waals surface area contributed by atoms with E-state index in [1.807, 2.05) is 18.7 Å². The van der Waals surface area contributed by atoms with Gasteiger partial charge in [0.15, 0.2) is 0 Å². The maximum absolute atomic E-state index is 12.7. The lowest BCUT2D eigenvalue weighted by atomic mass is 9.91. The first-order valence-corrected chi connectivity index (χ1v) is 7.13. The van der Waals surface area contributed by atoms with Crippen LogP contribution in [0.4, 0.5) is 0 Å². The van der Waals surface area contributed by atoms with Crippen LogP contribution in [0.2, 0.25) is 0 Å². The highest BCUT2D eigenvalue weighted by molar-refractivity contribution is 5.90. The van der Waals surface area contributed by atoms with Crippen molar-refractivity contribution in [3.05, 3.63) is 0 Å². The average molecular weight is 268 g/mol. The Kier molecular flexibility index (Phi) is 4.13. The van der Waals surface area contributed by atoms with Gasteiger partial charge in [0.05, 0.1) is 12.1 Å². The Hall–Kier alpha value is -1.10. The van der Waals surface area contributed by atoms with Crippen LogP contribution in [0.5, 0.6) is 0 Å². The molecule has 0 bridgehead atoms. The van der Waals surface area contributed by atoms with Crippen LogP contribution in [0.25, 0.3) is 0 Å². The second-order valence-corrected chi connectivity index (χ2v) is 6.18. The number of hydrogen-bond donors (Lipinski definition) is 1. The van der Waals surface area contributed by atoms with E-state index in [4.69, 9.17) is 4.74 Å². The van der Waals surface area contributed by atoms with Gasteiger partial charge in [-0.15, -0.1) is 0 Å². The lowest BCUT2D eigenvalue weighted by molar-refractivity contribution is -0.145. The first-order valence-electron chi connectivity index (χ1n) is 7.13.